The Morgan fingerprint density at radius 3 is 2.71 bits per heavy atom. The number of rotatable bonds is 4. The quantitative estimate of drug-likeness (QED) is 0.561. The first-order valence-electron chi connectivity index (χ1n) is 5.32. The smallest absolute Gasteiger partial charge is 0.272 e. The number of nitrogens with one attached hydrogen (secondary N) is 3. The van der Waals surface area contributed by atoms with E-state index in [4.69, 9.17) is 5.11 Å². The number of aliphatic hydroxyl groups excluding tert-OH is 1. The van der Waals surface area contributed by atoms with E-state index in [1.54, 1.807) is 18.2 Å². The van der Waals surface area contributed by atoms with Crippen LogP contribution in [0.15, 0.2) is 27.8 Å². The second-order valence-corrected chi connectivity index (χ2v) is 3.64. The minimum atomic E-state index is -0.341. The van der Waals surface area contributed by atoms with E-state index in [0.29, 0.717) is 29.4 Å². The van der Waals surface area contributed by atoms with Crippen LogP contribution in [0.25, 0.3) is 10.8 Å². The first-order chi connectivity index (χ1) is 8.24. The highest BCUT2D eigenvalue weighted by Gasteiger charge is 2.07. The zero-order valence-electron chi connectivity index (χ0n) is 9.12. The van der Waals surface area contributed by atoms with Crippen molar-refractivity contribution in [2.45, 2.75) is 6.42 Å². The van der Waals surface area contributed by atoms with Crippen LogP contribution < -0.4 is 16.4 Å². The molecule has 1 aromatic heterocycles. The van der Waals surface area contributed by atoms with Gasteiger partial charge >= 0.3 is 0 Å². The number of aliphatic hydroxyl groups is 1. The topological polar surface area (TPSA) is 98.0 Å². The van der Waals surface area contributed by atoms with E-state index in [2.05, 4.69) is 15.5 Å². The fourth-order valence-corrected chi connectivity index (χ4v) is 1.68. The molecule has 0 aliphatic rings. The fourth-order valence-electron chi connectivity index (χ4n) is 1.68. The summed E-state index contributed by atoms with van der Waals surface area (Å²) in [6, 6.07) is 5.04. The molecule has 0 fully saturated rings. The number of benzene rings is 1. The minimum absolute atomic E-state index is 0.0781. The Hall–Kier alpha value is -2.08. The summed E-state index contributed by atoms with van der Waals surface area (Å²) < 4.78 is 0. The van der Waals surface area contributed by atoms with Gasteiger partial charge in [-0.25, -0.2) is 0 Å². The standard InChI is InChI=1S/C11H13N3O3/c15-6-2-5-12-8-4-1-3-7-9(8)11(17)14-13-10(7)16/h1,3-4,12,15H,2,5-6H2,(H,13,16)(H,14,17). The van der Waals surface area contributed by atoms with Crippen molar-refractivity contribution in [1.82, 2.24) is 10.2 Å². The molecule has 4 N–H and O–H groups in total. The van der Waals surface area contributed by atoms with Crippen LogP contribution in [0.5, 0.6) is 0 Å². The molecule has 90 valence electrons. The third-order valence-electron chi connectivity index (χ3n) is 2.48. The summed E-state index contributed by atoms with van der Waals surface area (Å²) in [5.74, 6) is 0. The first-order valence-corrected chi connectivity index (χ1v) is 5.32. The van der Waals surface area contributed by atoms with E-state index in [-0.39, 0.29) is 17.7 Å². The number of aromatic nitrogens is 2. The highest BCUT2D eigenvalue weighted by Crippen LogP contribution is 2.16. The van der Waals surface area contributed by atoms with Crippen LogP contribution >= 0.6 is 0 Å². The van der Waals surface area contributed by atoms with Crippen molar-refractivity contribution in [3.63, 3.8) is 0 Å². The molecule has 0 spiro atoms. The Kier molecular flexibility index (Phi) is 3.24. The summed E-state index contributed by atoms with van der Waals surface area (Å²) in [6.07, 6.45) is 0.581. The zero-order chi connectivity index (χ0) is 12.3. The third-order valence-corrected chi connectivity index (χ3v) is 2.48. The predicted octanol–water partition coefficient (Wildman–Crippen LogP) is 0.0107. The van der Waals surface area contributed by atoms with Gasteiger partial charge in [0.2, 0.25) is 0 Å². The van der Waals surface area contributed by atoms with Gasteiger partial charge in [0.25, 0.3) is 11.1 Å². The van der Waals surface area contributed by atoms with Crippen LogP contribution in [-0.4, -0.2) is 28.5 Å². The second-order valence-electron chi connectivity index (χ2n) is 3.64. The van der Waals surface area contributed by atoms with Crippen molar-refractivity contribution >= 4 is 16.5 Å². The van der Waals surface area contributed by atoms with Crippen LogP contribution in [0.1, 0.15) is 6.42 Å². The molecule has 1 heterocycles. The summed E-state index contributed by atoms with van der Waals surface area (Å²) >= 11 is 0. The summed E-state index contributed by atoms with van der Waals surface area (Å²) in [5.41, 5.74) is -0.0691. The lowest BCUT2D eigenvalue weighted by Gasteiger charge is -2.07. The van der Waals surface area contributed by atoms with Crippen molar-refractivity contribution in [2.24, 2.45) is 0 Å². The Labute approximate surface area is 96.3 Å². The van der Waals surface area contributed by atoms with Crippen LogP contribution in [-0.2, 0) is 0 Å². The molecule has 0 atom stereocenters. The Morgan fingerprint density at radius 2 is 1.94 bits per heavy atom. The third kappa shape index (κ3) is 2.21. The molecule has 0 unspecified atom stereocenters. The lowest BCUT2D eigenvalue weighted by Crippen LogP contribution is -2.20. The normalized spacial score (nSPS) is 10.6. The fraction of sp³-hybridized carbons (Fsp3) is 0.273. The summed E-state index contributed by atoms with van der Waals surface area (Å²) in [5, 5.41) is 17.0. The van der Waals surface area contributed by atoms with E-state index < -0.39 is 0 Å². The number of aromatic amines is 2. The SMILES string of the molecule is O=c1[nH][nH]c(=O)c2c(NCCCO)cccc12. The number of fused-ring (bicyclic) bond motifs is 1. The Balaban J connectivity index is 2.53. The van der Waals surface area contributed by atoms with Crippen LogP contribution in [0.4, 0.5) is 5.69 Å². The summed E-state index contributed by atoms with van der Waals surface area (Å²) in [6.45, 7) is 0.622. The Morgan fingerprint density at radius 1 is 1.18 bits per heavy atom. The van der Waals surface area contributed by atoms with Gasteiger partial charge in [0, 0.05) is 18.8 Å². The van der Waals surface area contributed by atoms with Crippen molar-refractivity contribution < 1.29 is 5.11 Å². The molecule has 0 bridgehead atoms. The van der Waals surface area contributed by atoms with E-state index >= 15 is 0 Å². The largest absolute Gasteiger partial charge is 0.396 e. The summed E-state index contributed by atoms with van der Waals surface area (Å²) in [7, 11) is 0. The molecule has 1 aromatic carbocycles. The molecule has 0 radical (unpaired) electrons. The maximum absolute atomic E-state index is 11.7. The molecule has 2 rings (SSSR count). The number of hydrogen-bond acceptors (Lipinski definition) is 4. The van der Waals surface area contributed by atoms with E-state index in [0.717, 1.165) is 0 Å². The second kappa shape index (κ2) is 4.84. The average molecular weight is 235 g/mol. The maximum atomic E-state index is 11.7. The number of H-pyrrole nitrogens is 2. The van der Waals surface area contributed by atoms with E-state index in [1.807, 2.05) is 0 Å². The van der Waals surface area contributed by atoms with Gasteiger partial charge in [0.1, 0.15) is 0 Å². The minimum Gasteiger partial charge on any atom is -0.396 e. The lowest BCUT2D eigenvalue weighted by molar-refractivity contribution is 0.292. The van der Waals surface area contributed by atoms with Crippen LogP contribution in [0.3, 0.4) is 0 Å². The lowest BCUT2D eigenvalue weighted by atomic mass is 10.1. The monoisotopic (exact) mass is 235 g/mol. The van der Waals surface area contributed by atoms with Crippen LogP contribution in [0, 0.1) is 0 Å². The zero-order valence-corrected chi connectivity index (χ0v) is 9.12. The van der Waals surface area contributed by atoms with Crippen molar-refractivity contribution in [3.8, 4) is 0 Å². The van der Waals surface area contributed by atoms with Gasteiger partial charge in [0.05, 0.1) is 10.8 Å². The molecule has 0 amide bonds. The van der Waals surface area contributed by atoms with Gasteiger partial charge in [0.15, 0.2) is 0 Å². The van der Waals surface area contributed by atoms with Gasteiger partial charge in [-0.3, -0.25) is 19.8 Å². The van der Waals surface area contributed by atoms with E-state index in [9.17, 15) is 9.59 Å². The Bertz CT molecular complexity index is 630. The number of hydrogen-bond donors (Lipinski definition) is 4. The highest BCUT2D eigenvalue weighted by atomic mass is 16.3. The van der Waals surface area contributed by atoms with Crippen LogP contribution in [0.2, 0.25) is 0 Å². The van der Waals surface area contributed by atoms with Crippen molar-refractivity contribution in [3.05, 3.63) is 38.9 Å². The molecular formula is C11H13N3O3. The van der Waals surface area contributed by atoms with Gasteiger partial charge in [-0.05, 0) is 18.6 Å². The van der Waals surface area contributed by atoms with Gasteiger partial charge in [-0.2, -0.15) is 0 Å². The first kappa shape index (κ1) is 11.4. The molecule has 0 aliphatic heterocycles. The predicted molar refractivity (Wildman–Crippen MR) is 65.4 cm³/mol. The average Bonchev–Trinajstić information content (AvgIpc) is 2.34. The molecule has 0 saturated carbocycles. The number of anilines is 1. The molecule has 17 heavy (non-hydrogen) atoms. The molecule has 6 nitrogen and oxygen atoms in total. The molecule has 0 saturated heterocycles. The van der Waals surface area contributed by atoms with Crippen molar-refractivity contribution in [1.29, 1.82) is 0 Å². The van der Waals surface area contributed by atoms with Gasteiger partial charge in [-0.1, -0.05) is 6.07 Å². The highest BCUT2D eigenvalue weighted by molar-refractivity contribution is 5.92. The van der Waals surface area contributed by atoms with Crippen molar-refractivity contribution in [2.75, 3.05) is 18.5 Å². The molecular weight excluding hydrogens is 222 g/mol. The summed E-state index contributed by atoms with van der Waals surface area (Å²) in [4.78, 5) is 23.2. The van der Waals surface area contributed by atoms with E-state index in [1.165, 1.54) is 0 Å². The van der Waals surface area contributed by atoms with Gasteiger partial charge in [-0.15, -0.1) is 0 Å². The molecule has 0 aliphatic carbocycles. The molecule has 6 heteroatoms. The molecule has 2 aromatic rings. The van der Waals surface area contributed by atoms with Gasteiger partial charge < -0.3 is 10.4 Å². The maximum Gasteiger partial charge on any atom is 0.272 e.